The minimum atomic E-state index is 1.01. The third-order valence-corrected chi connectivity index (χ3v) is 3.39. The molecule has 0 heterocycles. The molecule has 0 unspecified atom stereocenters. The van der Waals surface area contributed by atoms with Gasteiger partial charge in [-0.15, -0.1) is 0 Å². The molecule has 0 aliphatic heterocycles. The molecule has 0 bridgehead atoms. The summed E-state index contributed by atoms with van der Waals surface area (Å²) < 4.78 is 5.41. The van der Waals surface area contributed by atoms with E-state index in [1.807, 2.05) is 7.05 Å². The van der Waals surface area contributed by atoms with Gasteiger partial charge < -0.3 is 15.0 Å². The molecule has 0 saturated heterocycles. The molecule has 0 spiro atoms. The van der Waals surface area contributed by atoms with Crippen molar-refractivity contribution in [1.29, 1.82) is 0 Å². The Kier molecular flexibility index (Phi) is 6.89. The van der Waals surface area contributed by atoms with Crippen molar-refractivity contribution in [1.82, 2.24) is 10.2 Å². The van der Waals surface area contributed by atoms with Crippen molar-refractivity contribution in [3.63, 3.8) is 0 Å². The first-order chi connectivity index (χ1) is 9.08. The second-order valence-corrected chi connectivity index (χ2v) is 5.31. The van der Waals surface area contributed by atoms with Crippen molar-refractivity contribution in [3.05, 3.63) is 28.8 Å². The van der Waals surface area contributed by atoms with Crippen molar-refractivity contribution < 1.29 is 4.74 Å². The summed E-state index contributed by atoms with van der Waals surface area (Å²) in [6, 6.07) is 4.46. The number of nitrogens with one attached hydrogen (secondary N) is 1. The Morgan fingerprint density at radius 3 is 2.32 bits per heavy atom. The molecule has 19 heavy (non-hydrogen) atoms. The van der Waals surface area contributed by atoms with Crippen molar-refractivity contribution in [3.8, 4) is 5.75 Å². The Labute approximate surface area is 118 Å². The molecule has 3 heteroatoms. The van der Waals surface area contributed by atoms with Crippen LogP contribution in [-0.2, 0) is 6.54 Å². The standard InChI is InChI=1S/C16H28N2O/c1-13-10-15(11-14(2)16(13)19-5)12-18(4)9-7-6-8-17-3/h10-11,17H,6-9,12H2,1-5H3. The number of aryl methyl sites for hydroxylation is 2. The van der Waals surface area contributed by atoms with Gasteiger partial charge in [0.05, 0.1) is 7.11 Å². The smallest absolute Gasteiger partial charge is 0.124 e. The molecule has 1 aromatic carbocycles. The normalized spacial score (nSPS) is 11.1. The van der Waals surface area contributed by atoms with Gasteiger partial charge in [-0.3, -0.25) is 0 Å². The highest BCUT2D eigenvalue weighted by Gasteiger charge is 2.07. The summed E-state index contributed by atoms with van der Waals surface area (Å²) in [6.45, 7) is 7.48. The minimum absolute atomic E-state index is 1.01. The van der Waals surface area contributed by atoms with E-state index in [9.17, 15) is 0 Å². The fraction of sp³-hybridized carbons (Fsp3) is 0.625. The minimum Gasteiger partial charge on any atom is -0.496 e. The lowest BCUT2D eigenvalue weighted by molar-refractivity contribution is 0.318. The number of rotatable bonds is 8. The first kappa shape index (κ1) is 16.0. The van der Waals surface area contributed by atoms with Crippen LogP contribution < -0.4 is 10.1 Å². The van der Waals surface area contributed by atoms with Gasteiger partial charge in [0.15, 0.2) is 0 Å². The van der Waals surface area contributed by atoms with Crippen molar-refractivity contribution in [2.24, 2.45) is 0 Å². The third-order valence-electron chi connectivity index (χ3n) is 3.39. The lowest BCUT2D eigenvalue weighted by Gasteiger charge is -2.18. The largest absolute Gasteiger partial charge is 0.496 e. The van der Waals surface area contributed by atoms with E-state index in [2.05, 4.69) is 43.2 Å². The maximum absolute atomic E-state index is 5.41. The van der Waals surface area contributed by atoms with Crippen LogP contribution in [0.15, 0.2) is 12.1 Å². The Morgan fingerprint density at radius 1 is 1.16 bits per heavy atom. The summed E-state index contributed by atoms with van der Waals surface area (Å²) >= 11 is 0. The topological polar surface area (TPSA) is 24.5 Å². The quantitative estimate of drug-likeness (QED) is 0.731. The second-order valence-electron chi connectivity index (χ2n) is 5.31. The van der Waals surface area contributed by atoms with Crippen LogP contribution in [0, 0.1) is 13.8 Å². The van der Waals surface area contributed by atoms with E-state index in [-0.39, 0.29) is 0 Å². The first-order valence-corrected chi connectivity index (χ1v) is 7.05. The maximum Gasteiger partial charge on any atom is 0.124 e. The van der Waals surface area contributed by atoms with Gasteiger partial charge >= 0.3 is 0 Å². The number of hydrogen-bond donors (Lipinski definition) is 1. The molecule has 0 aromatic heterocycles. The Hall–Kier alpha value is -1.06. The van der Waals surface area contributed by atoms with E-state index >= 15 is 0 Å². The average Bonchev–Trinajstić information content (AvgIpc) is 2.34. The van der Waals surface area contributed by atoms with Crippen LogP contribution in [0.3, 0.4) is 0 Å². The number of ether oxygens (including phenoxy) is 1. The third kappa shape index (κ3) is 5.21. The molecular formula is C16H28N2O. The van der Waals surface area contributed by atoms with E-state index in [1.54, 1.807) is 7.11 Å². The molecule has 3 nitrogen and oxygen atoms in total. The molecule has 0 amide bonds. The summed E-state index contributed by atoms with van der Waals surface area (Å²) in [5.41, 5.74) is 3.81. The zero-order valence-corrected chi connectivity index (χ0v) is 13.0. The summed E-state index contributed by atoms with van der Waals surface area (Å²) in [7, 11) is 5.93. The fourth-order valence-electron chi connectivity index (χ4n) is 2.53. The molecule has 1 N–H and O–H groups in total. The molecule has 0 fully saturated rings. The Balaban J connectivity index is 2.52. The van der Waals surface area contributed by atoms with Crippen LogP contribution in [0.5, 0.6) is 5.75 Å². The van der Waals surface area contributed by atoms with Gasteiger partial charge in [0.2, 0.25) is 0 Å². The lowest BCUT2D eigenvalue weighted by atomic mass is 10.1. The maximum atomic E-state index is 5.41. The molecule has 1 aromatic rings. The van der Waals surface area contributed by atoms with Gasteiger partial charge in [0, 0.05) is 6.54 Å². The molecule has 1 rings (SSSR count). The van der Waals surface area contributed by atoms with E-state index in [0.717, 1.165) is 25.4 Å². The number of unbranched alkanes of at least 4 members (excludes halogenated alkanes) is 1. The van der Waals surface area contributed by atoms with Gasteiger partial charge in [0.1, 0.15) is 5.75 Å². The highest BCUT2D eigenvalue weighted by atomic mass is 16.5. The van der Waals surface area contributed by atoms with Crippen LogP contribution in [-0.4, -0.2) is 39.2 Å². The number of methoxy groups -OCH3 is 1. The molecule has 108 valence electrons. The Morgan fingerprint density at radius 2 is 1.79 bits per heavy atom. The molecule has 0 radical (unpaired) electrons. The summed E-state index contributed by atoms with van der Waals surface area (Å²) in [6.07, 6.45) is 2.48. The monoisotopic (exact) mass is 264 g/mol. The van der Waals surface area contributed by atoms with Crippen LogP contribution in [0.1, 0.15) is 29.5 Å². The average molecular weight is 264 g/mol. The van der Waals surface area contributed by atoms with Crippen LogP contribution in [0.25, 0.3) is 0 Å². The number of nitrogens with zero attached hydrogens (tertiary/aromatic N) is 1. The zero-order valence-electron chi connectivity index (χ0n) is 13.0. The lowest BCUT2D eigenvalue weighted by Crippen LogP contribution is -2.20. The van der Waals surface area contributed by atoms with Gasteiger partial charge in [-0.25, -0.2) is 0 Å². The predicted octanol–water partition coefficient (Wildman–Crippen LogP) is 2.74. The van der Waals surface area contributed by atoms with Gasteiger partial charge in [0.25, 0.3) is 0 Å². The molecule has 0 aliphatic carbocycles. The zero-order chi connectivity index (χ0) is 14.3. The molecule has 0 saturated carbocycles. The fourth-order valence-corrected chi connectivity index (χ4v) is 2.53. The van der Waals surface area contributed by atoms with Crippen LogP contribution >= 0.6 is 0 Å². The summed E-state index contributed by atoms with van der Waals surface area (Å²) in [5, 5.41) is 3.19. The summed E-state index contributed by atoms with van der Waals surface area (Å²) in [5.74, 6) is 1.01. The van der Waals surface area contributed by atoms with Crippen molar-refractivity contribution in [2.75, 3.05) is 34.3 Å². The Bertz CT molecular complexity index is 367. The van der Waals surface area contributed by atoms with Gasteiger partial charge in [-0.05, 0) is 70.6 Å². The summed E-state index contributed by atoms with van der Waals surface area (Å²) in [4.78, 5) is 2.39. The van der Waals surface area contributed by atoms with Crippen LogP contribution in [0.4, 0.5) is 0 Å². The van der Waals surface area contributed by atoms with E-state index in [4.69, 9.17) is 4.74 Å². The first-order valence-electron chi connectivity index (χ1n) is 7.05. The van der Waals surface area contributed by atoms with E-state index in [1.165, 1.54) is 29.5 Å². The SMILES string of the molecule is CNCCCCN(C)Cc1cc(C)c(OC)c(C)c1. The highest BCUT2D eigenvalue weighted by Crippen LogP contribution is 2.24. The predicted molar refractivity (Wildman–Crippen MR) is 82.0 cm³/mol. The molecular weight excluding hydrogens is 236 g/mol. The molecule has 0 aliphatic rings. The second kappa shape index (κ2) is 8.18. The van der Waals surface area contributed by atoms with Gasteiger partial charge in [-0.2, -0.15) is 0 Å². The van der Waals surface area contributed by atoms with E-state index < -0.39 is 0 Å². The van der Waals surface area contributed by atoms with E-state index in [0.29, 0.717) is 0 Å². The number of hydrogen-bond acceptors (Lipinski definition) is 3. The van der Waals surface area contributed by atoms with Gasteiger partial charge in [-0.1, -0.05) is 12.1 Å². The van der Waals surface area contributed by atoms with Crippen molar-refractivity contribution in [2.45, 2.75) is 33.2 Å². The highest BCUT2D eigenvalue weighted by molar-refractivity contribution is 5.43. The molecule has 0 atom stereocenters. The number of benzene rings is 1. The van der Waals surface area contributed by atoms with Crippen molar-refractivity contribution >= 4 is 0 Å². The van der Waals surface area contributed by atoms with Crippen LogP contribution in [0.2, 0.25) is 0 Å².